The van der Waals surface area contributed by atoms with Crippen molar-refractivity contribution < 1.29 is 4.79 Å². The van der Waals surface area contributed by atoms with E-state index >= 15 is 0 Å². The summed E-state index contributed by atoms with van der Waals surface area (Å²) in [5.74, 6) is -0.227. The van der Waals surface area contributed by atoms with Crippen molar-refractivity contribution in [3.05, 3.63) is 32.2 Å². The first-order valence-corrected chi connectivity index (χ1v) is 8.42. The van der Waals surface area contributed by atoms with Crippen molar-refractivity contribution in [2.45, 2.75) is 40.2 Å². The lowest BCUT2D eigenvalue weighted by Gasteiger charge is -2.18. The summed E-state index contributed by atoms with van der Waals surface area (Å²) >= 11 is 1.21. The Hall–Kier alpha value is -1.48. The maximum absolute atomic E-state index is 12.4. The monoisotopic (exact) mass is 421 g/mol. The first-order chi connectivity index (χ1) is 11.0. The van der Waals surface area contributed by atoms with Gasteiger partial charge in [-0.1, -0.05) is 0 Å². The second kappa shape index (κ2) is 8.94. The fourth-order valence-corrected chi connectivity index (χ4v) is 3.28. The molecule has 0 aromatic carbocycles. The van der Waals surface area contributed by atoms with Gasteiger partial charge in [-0.05, 0) is 40.2 Å². The summed E-state index contributed by atoms with van der Waals surface area (Å²) in [7, 11) is 1.61. The molecule has 2 aromatic rings. The van der Waals surface area contributed by atoms with Crippen LogP contribution in [-0.4, -0.2) is 32.8 Å². The molecule has 0 bridgehead atoms. The fraction of sp³-hybridized carbons (Fsp3) is 0.500. The Bertz CT molecular complexity index is 856. The van der Waals surface area contributed by atoms with Crippen molar-refractivity contribution in [3.8, 4) is 10.6 Å². The number of thiazole rings is 1. The standard InChI is InChI=1S/C16H23N5O2S.2ClH/c1-8-9(2)20-21(6)15(23)11(8)14-19-10(3)12(24-14)13(22)18-7-16(4,5)17;;/h7,17H2,1-6H3,(H,18,22);2*1H. The van der Waals surface area contributed by atoms with Crippen LogP contribution in [0.25, 0.3) is 10.6 Å². The van der Waals surface area contributed by atoms with E-state index in [1.165, 1.54) is 16.0 Å². The van der Waals surface area contributed by atoms with Gasteiger partial charge in [-0.25, -0.2) is 9.67 Å². The smallest absolute Gasteiger partial charge is 0.277 e. The Labute approximate surface area is 169 Å². The number of nitrogens with zero attached hydrogens (tertiary/aromatic N) is 3. The number of nitrogens with two attached hydrogens (primary N) is 1. The minimum Gasteiger partial charge on any atom is -0.349 e. The predicted molar refractivity (Wildman–Crippen MR) is 110 cm³/mol. The lowest BCUT2D eigenvalue weighted by molar-refractivity contribution is 0.0949. The second-order valence-electron chi connectivity index (χ2n) is 6.62. The Morgan fingerprint density at radius 1 is 1.23 bits per heavy atom. The molecule has 0 spiro atoms. The highest BCUT2D eigenvalue weighted by atomic mass is 35.5. The molecule has 26 heavy (non-hydrogen) atoms. The molecule has 0 aliphatic carbocycles. The third kappa shape index (κ3) is 5.26. The molecule has 0 saturated carbocycles. The Balaban J connectivity index is 0.00000312. The zero-order chi connectivity index (χ0) is 18.2. The van der Waals surface area contributed by atoms with Crippen molar-refractivity contribution in [1.29, 1.82) is 0 Å². The van der Waals surface area contributed by atoms with E-state index in [-0.39, 0.29) is 36.3 Å². The first kappa shape index (κ1) is 24.5. The summed E-state index contributed by atoms with van der Waals surface area (Å²) in [6.45, 7) is 9.47. The molecule has 0 radical (unpaired) electrons. The molecule has 0 fully saturated rings. The minimum absolute atomic E-state index is 0. The summed E-state index contributed by atoms with van der Waals surface area (Å²) in [5.41, 5.74) is 7.81. The van der Waals surface area contributed by atoms with Crippen LogP contribution in [0.4, 0.5) is 0 Å². The molecule has 10 heteroatoms. The molecule has 0 unspecified atom stereocenters. The zero-order valence-corrected chi connectivity index (χ0v) is 18.1. The molecular weight excluding hydrogens is 397 g/mol. The quantitative estimate of drug-likeness (QED) is 0.786. The Morgan fingerprint density at radius 3 is 2.35 bits per heavy atom. The van der Waals surface area contributed by atoms with Gasteiger partial charge in [0, 0.05) is 19.1 Å². The van der Waals surface area contributed by atoms with Crippen LogP contribution >= 0.6 is 36.2 Å². The normalized spacial score (nSPS) is 10.7. The highest BCUT2D eigenvalue weighted by molar-refractivity contribution is 7.17. The van der Waals surface area contributed by atoms with Gasteiger partial charge in [-0.15, -0.1) is 36.2 Å². The molecule has 1 amide bonds. The summed E-state index contributed by atoms with van der Waals surface area (Å²) in [6.07, 6.45) is 0. The van der Waals surface area contributed by atoms with Crippen LogP contribution in [0.15, 0.2) is 4.79 Å². The third-order valence-corrected chi connectivity index (χ3v) is 4.82. The van der Waals surface area contributed by atoms with E-state index in [0.717, 1.165) is 11.3 Å². The maximum Gasteiger partial charge on any atom is 0.277 e. The molecule has 2 aromatic heterocycles. The van der Waals surface area contributed by atoms with Crippen molar-refractivity contribution in [2.24, 2.45) is 12.8 Å². The molecule has 2 heterocycles. The molecule has 7 nitrogen and oxygen atoms in total. The summed E-state index contributed by atoms with van der Waals surface area (Å²) in [5, 5.41) is 7.51. The van der Waals surface area contributed by atoms with Crippen molar-refractivity contribution in [2.75, 3.05) is 6.54 Å². The third-order valence-electron chi connectivity index (χ3n) is 3.65. The van der Waals surface area contributed by atoms with Crippen molar-refractivity contribution in [3.63, 3.8) is 0 Å². The highest BCUT2D eigenvalue weighted by Gasteiger charge is 2.22. The number of aromatic nitrogens is 3. The molecule has 2 rings (SSSR count). The van der Waals surface area contributed by atoms with Gasteiger partial charge in [0.15, 0.2) is 0 Å². The van der Waals surface area contributed by atoms with Crippen LogP contribution in [-0.2, 0) is 7.05 Å². The van der Waals surface area contributed by atoms with Gasteiger partial charge in [-0.3, -0.25) is 9.59 Å². The molecule has 0 aliphatic heterocycles. The Morgan fingerprint density at radius 2 is 1.81 bits per heavy atom. The summed E-state index contributed by atoms with van der Waals surface area (Å²) in [6, 6.07) is 0. The number of nitrogens with one attached hydrogen (secondary N) is 1. The van der Waals surface area contributed by atoms with E-state index < -0.39 is 5.54 Å². The average molecular weight is 422 g/mol. The van der Waals surface area contributed by atoms with Crippen LogP contribution in [0.3, 0.4) is 0 Å². The number of hydrogen-bond donors (Lipinski definition) is 2. The van der Waals surface area contributed by atoms with E-state index in [4.69, 9.17) is 5.73 Å². The number of amides is 1. The number of carbonyl (C=O) groups excluding carboxylic acids is 1. The van der Waals surface area contributed by atoms with Gasteiger partial charge >= 0.3 is 0 Å². The summed E-state index contributed by atoms with van der Waals surface area (Å²) in [4.78, 5) is 29.7. The van der Waals surface area contributed by atoms with Gasteiger partial charge in [0.1, 0.15) is 9.88 Å². The highest BCUT2D eigenvalue weighted by Crippen LogP contribution is 2.28. The fourth-order valence-electron chi connectivity index (χ4n) is 2.20. The van der Waals surface area contributed by atoms with Gasteiger partial charge in [0.2, 0.25) is 0 Å². The molecule has 0 aliphatic rings. The number of rotatable bonds is 4. The van der Waals surface area contributed by atoms with Gasteiger partial charge in [-0.2, -0.15) is 5.10 Å². The minimum atomic E-state index is -0.494. The van der Waals surface area contributed by atoms with E-state index in [9.17, 15) is 9.59 Å². The van der Waals surface area contributed by atoms with E-state index in [2.05, 4.69) is 15.4 Å². The molecule has 0 atom stereocenters. The average Bonchev–Trinajstić information content (AvgIpc) is 2.84. The lowest BCUT2D eigenvalue weighted by Crippen LogP contribution is -2.45. The van der Waals surface area contributed by atoms with Crippen LogP contribution in [0.1, 0.15) is 40.5 Å². The molecule has 146 valence electrons. The number of hydrogen-bond acceptors (Lipinski definition) is 6. The van der Waals surface area contributed by atoms with Crippen LogP contribution < -0.4 is 16.6 Å². The number of halogens is 2. The van der Waals surface area contributed by atoms with E-state index in [1.807, 2.05) is 27.7 Å². The second-order valence-corrected chi connectivity index (χ2v) is 7.62. The van der Waals surface area contributed by atoms with Gasteiger partial charge in [0.05, 0.1) is 17.0 Å². The SMILES string of the molecule is Cc1nc(-c2c(C)c(C)nn(C)c2=O)sc1C(=O)NCC(C)(C)N.Cl.Cl. The van der Waals surface area contributed by atoms with Gasteiger partial charge < -0.3 is 11.1 Å². The lowest BCUT2D eigenvalue weighted by atomic mass is 10.1. The zero-order valence-electron chi connectivity index (χ0n) is 15.7. The van der Waals surface area contributed by atoms with Crippen LogP contribution in [0, 0.1) is 20.8 Å². The first-order valence-electron chi connectivity index (χ1n) is 7.60. The topological polar surface area (TPSA) is 103 Å². The molecular formula is C16H25Cl2N5O2S. The molecule has 3 N–H and O–H groups in total. The number of aryl methyl sites for hydroxylation is 3. The molecule has 0 saturated heterocycles. The predicted octanol–water partition coefficient (Wildman–Crippen LogP) is 2.14. The van der Waals surface area contributed by atoms with Crippen LogP contribution in [0.5, 0.6) is 0 Å². The number of carbonyl (C=O) groups is 1. The maximum atomic E-state index is 12.4. The van der Waals surface area contributed by atoms with Crippen molar-refractivity contribution >= 4 is 42.1 Å². The van der Waals surface area contributed by atoms with Crippen LogP contribution in [0.2, 0.25) is 0 Å². The largest absolute Gasteiger partial charge is 0.349 e. The Kier molecular flexibility index (Phi) is 8.43. The van der Waals surface area contributed by atoms with Crippen molar-refractivity contribution in [1.82, 2.24) is 20.1 Å². The van der Waals surface area contributed by atoms with E-state index in [0.29, 0.717) is 27.7 Å². The summed E-state index contributed by atoms with van der Waals surface area (Å²) < 4.78 is 1.30. The van der Waals surface area contributed by atoms with Gasteiger partial charge in [0.25, 0.3) is 11.5 Å². The van der Waals surface area contributed by atoms with E-state index in [1.54, 1.807) is 14.0 Å².